The maximum atomic E-state index is 4.20. The highest BCUT2D eigenvalue weighted by atomic mass is 32.1. The first-order valence-corrected chi connectivity index (χ1v) is 15.2. The molecule has 31 heavy (non-hydrogen) atoms. The zero-order chi connectivity index (χ0) is 23.1. The molecule has 1 heteroatoms. The van der Waals surface area contributed by atoms with Crippen molar-refractivity contribution < 1.29 is 0 Å². The van der Waals surface area contributed by atoms with E-state index in [-0.39, 0.29) is 0 Å². The van der Waals surface area contributed by atoms with E-state index in [0.29, 0.717) is 0 Å². The van der Waals surface area contributed by atoms with Gasteiger partial charge in [-0.25, -0.2) is 0 Å². The second-order valence-corrected chi connectivity index (χ2v) is 10.0. The van der Waals surface area contributed by atoms with Crippen LogP contribution in [0.15, 0.2) is 12.7 Å². The summed E-state index contributed by atoms with van der Waals surface area (Å²) >= 11 is 4.20. The second kappa shape index (κ2) is 34.7. The van der Waals surface area contributed by atoms with Gasteiger partial charge in [-0.2, -0.15) is 12.6 Å². The maximum Gasteiger partial charge on any atom is -0.00979 e. The van der Waals surface area contributed by atoms with Crippen LogP contribution in [0.2, 0.25) is 0 Å². The number of hydrogen-bond acceptors (Lipinski definition) is 1. The highest BCUT2D eigenvalue weighted by Crippen LogP contribution is 2.13. The van der Waals surface area contributed by atoms with Gasteiger partial charge in [0.05, 0.1) is 0 Å². The Morgan fingerprint density at radius 2 is 0.677 bits per heavy atom. The molecule has 0 amide bonds. The smallest absolute Gasteiger partial charge is 0.00979 e. The zero-order valence-electron chi connectivity index (χ0n) is 22.1. The van der Waals surface area contributed by atoms with Gasteiger partial charge in [-0.05, 0) is 25.0 Å². The molecule has 0 aliphatic heterocycles. The van der Waals surface area contributed by atoms with Crippen LogP contribution in [0.1, 0.15) is 174 Å². The van der Waals surface area contributed by atoms with Gasteiger partial charge in [0.25, 0.3) is 0 Å². The van der Waals surface area contributed by atoms with Gasteiger partial charge in [-0.1, -0.05) is 161 Å². The second-order valence-electron chi connectivity index (χ2n) is 9.58. The van der Waals surface area contributed by atoms with Crippen LogP contribution in [0.4, 0.5) is 0 Å². The van der Waals surface area contributed by atoms with E-state index in [1.807, 2.05) is 6.08 Å². The molecule has 0 nitrogen and oxygen atoms in total. The maximum absolute atomic E-state index is 4.20. The lowest BCUT2D eigenvalue weighted by Gasteiger charge is -2.02. The fourth-order valence-corrected chi connectivity index (χ4v) is 4.31. The minimum Gasteiger partial charge on any atom is -0.179 e. The molecular formula is C30H62S. The molecule has 0 saturated heterocycles. The minimum absolute atomic E-state index is 1.07. The van der Waals surface area contributed by atoms with E-state index in [0.717, 1.165) is 5.75 Å². The zero-order valence-corrected chi connectivity index (χ0v) is 23.0. The number of unbranched alkanes of at least 4 members (excludes halogenated alkanes) is 23. The van der Waals surface area contributed by atoms with Crippen molar-refractivity contribution in [2.45, 2.75) is 174 Å². The first kappa shape index (κ1) is 33.3. The lowest BCUT2D eigenvalue weighted by atomic mass is 10.0. The fourth-order valence-electron chi connectivity index (χ4n) is 4.08. The van der Waals surface area contributed by atoms with Crippen molar-refractivity contribution in [1.29, 1.82) is 0 Å². The normalized spacial score (nSPS) is 10.7. The molecule has 188 valence electrons. The first-order chi connectivity index (χ1) is 15.3. The Balaban J connectivity index is 0. The molecule has 0 aromatic carbocycles. The molecule has 0 unspecified atom stereocenters. The molecule has 0 rings (SSSR count). The van der Waals surface area contributed by atoms with Crippen LogP contribution < -0.4 is 0 Å². The molecule has 0 spiro atoms. The van der Waals surface area contributed by atoms with Crippen molar-refractivity contribution in [3.8, 4) is 0 Å². The van der Waals surface area contributed by atoms with Crippen LogP contribution in [0.3, 0.4) is 0 Å². The minimum atomic E-state index is 1.07. The van der Waals surface area contributed by atoms with Crippen LogP contribution in [-0.2, 0) is 0 Å². The van der Waals surface area contributed by atoms with E-state index in [1.54, 1.807) is 0 Å². The molecule has 0 aliphatic rings. The van der Waals surface area contributed by atoms with Crippen LogP contribution in [0, 0.1) is 0 Å². The van der Waals surface area contributed by atoms with E-state index in [9.17, 15) is 0 Å². The summed E-state index contributed by atoms with van der Waals surface area (Å²) < 4.78 is 0. The van der Waals surface area contributed by atoms with Crippen molar-refractivity contribution >= 4 is 12.6 Å². The van der Waals surface area contributed by atoms with Crippen LogP contribution in [0.25, 0.3) is 0 Å². The quantitative estimate of drug-likeness (QED) is 0.0791. The Morgan fingerprint density at radius 1 is 0.419 bits per heavy atom. The lowest BCUT2D eigenvalue weighted by molar-refractivity contribution is 0.536. The van der Waals surface area contributed by atoms with Gasteiger partial charge in [0.2, 0.25) is 0 Å². The summed E-state index contributed by atoms with van der Waals surface area (Å²) in [5.41, 5.74) is 0. The van der Waals surface area contributed by atoms with E-state index >= 15 is 0 Å². The summed E-state index contributed by atoms with van der Waals surface area (Å²) in [5, 5.41) is 0. The Morgan fingerprint density at radius 3 is 0.935 bits per heavy atom. The first-order valence-electron chi connectivity index (χ1n) is 14.5. The van der Waals surface area contributed by atoms with Gasteiger partial charge in [-0.15, -0.1) is 6.58 Å². The Kier molecular flexibility index (Phi) is 37.2. The molecule has 0 radical (unpaired) electrons. The van der Waals surface area contributed by atoms with Crippen molar-refractivity contribution in [3.05, 3.63) is 12.7 Å². The molecule has 0 saturated carbocycles. The summed E-state index contributed by atoms with van der Waals surface area (Å²) in [5.74, 6) is 1.07. The summed E-state index contributed by atoms with van der Waals surface area (Å²) in [7, 11) is 0. The topological polar surface area (TPSA) is 0 Å². The fraction of sp³-hybridized carbons (Fsp3) is 0.933. The number of hydrogen-bond donors (Lipinski definition) is 1. The predicted octanol–water partition coefficient (Wildman–Crippen LogP) is 11.9. The molecular weight excluding hydrogens is 392 g/mol. The highest BCUT2D eigenvalue weighted by Gasteiger charge is 1.94. The monoisotopic (exact) mass is 454 g/mol. The Bertz CT molecular complexity index is 276. The van der Waals surface area contributed by atoms with E-state index < -0.39 is 0 Å². The van der Waals surface area contributed by atoms with Gasteiger partial charge < -0.3 is 0 Å². The third-order valence-corrected chi connectivity index (χ3v) is 6.59. The molecule has 0 aromatic rings. The van der Waals surface area contributed by atoms with Crippen molar-refractivity contribution in [2.75, 3.05) is 5.75 Å². The van der Waals surface area contributed by atoms with E-state index in [4.69, 9.17) is 0 Å². The molecule has 0 heterocycles. The molecule has 0 atom stereocenters. The van der Waals surface area contributed by atoms with Gasteiger partial charge in [0.1, 0.15) is 0 Å². The van der Waals surface area contributed by atoms with Gasteiger partial charge in [0, 0.05) is 0 Å². The van der Waals surface area contributed by atoms with Gasteiger partial charge in [-0.3, -0.25) is 0 Å². The Hall–Kier alpha value is 0.0900. The summed E-state index contributed by atoms with van der Waals surface area (Å²) in [6.45, 7) is 8.32. The third-order valence-electron chi connectivity index (χ3n) is 6.27. The van der Waals surface area contributed by atoms with Gasteiger partial charge in [0.15, 0.2) is 0 Å². The summed E-state index contributed by atoms with van der Waals surface area (Å²) in [4.78, 5) is 0. The number of allylic oxidation sites excluding steroid dienone is 1. The Labute approximate surface area is 205 Å². The van der Waals surface area contributed by atoms with Gasteiger partial charge >= 0.3 is 0 Å². The van der Waals surface area contributed by atoms with E-state index in [2.05, 4.69) is 33.1 Å². The molecule has 0 aliphatic carbocycles. The van der Waals surface area contributed by atoms with Crippen molar-refractivity contribution in [2.24, 2.45) is 0 Å². The van der Waals surface area contributed by atoms with Crippen LogP contribution in [0.5, 0.6) is 0 Å². The van der Waals surface area contributed by atoms with Crippen molar-refractivity contribution in [3.63, 3.8) is 0 Å². The average molecular weight is 455 g/mol. The summed E-state index contributed by atoms with van der Waals surface area (Å²) in [6.07, 6.45) is 37.6. The molecule has 0 aromatic heterocycles. The predicted molar refractivity (Wildman–Crippen MR) is 151 cm³/mol. The summed E-state index contributed by atoms with van der Waals surface area (Å²) in [6, 6.07) is 0. The molecule has 0 bridgehead atoms. The van der Waals surface area contributed by atoms with Crippen LogP contribution >= 0.6 is 12.6 Å². The average Bonchev–Trinajstić information content (AvgIpc) is 2.79. The number of thiol groups is 1. The lowest BCUT2D eigenvalue weighted by Crippen LogP contribution is -1.83. The highest BCUT2D eigenvalue weighted by molar-refractivity contribution is 7.80. The largest absolute Gasteiger partial charge is 0.179 e. The number of rotatable bonds is 25. The van der Waals surface area contributed by atoms with Crippen molar-refractivity contribution in [1.82, 2.24) is 0 Å². The standard InChI is InChI=1S/C18H36.C12H26S/c1-3-5-7-9-11-13-15-17-18-16-14-12-10-8-6-4-2;1-2-3-4-5-6-7-8-9-10-11-12-13/h3H,1,4-18H2,2H3;13H,2-12H2,1H3. The van der Waals surface area contributed by atoms with Crippen LogP contribution in [-0.4, -0.2) is 5.75 Å². The molecule has 0 fully saturated rings. The van der Waals surface area contributed by atoms with E-state index in [1.165, 1.54) is 161 Å². The molecule has 0 N–H and O–H groups in total. The third kappa shape index (κ3) is 37.7. The SMILES string of the molecule is C=CCCCCCCCCCCCCCCCC.CCCCCCCCCCCCS.